The lowest BCUT2D eigenvalue weighted by atomic mass is 10.1. The van der Waals surface area contributed by atoms with Gasteiger partial charge in [-0.3, -0.25) is 4.90 Å². The molecule has 1 fully saturated rings. The number of hydrogen-bond acceptors (Lipinski definition) is 4. The van der Waals surface area contributed by atoms with Crippen LogP contribution in [-0.2, 0) is 6.54 Å². The van der Waals surface area contributed by atoms with Gasteiger partial charge in [0.05, 0.1) is 13.2 Å². The van der Waals surface area contributed by atoms with E-state index >= 15 is 0 Å². The topological polar surface area (TPSA) is 49.5 Å². The normalized spacial score (nSPS) is 19.9. The molecule has 1 aromatic carbocycles. The average molecular weight is 258 g/mol. The Balaban J connectivity index is 1.72. The highest BCUT2D eigenvalue weighted by Gasteiger charge is 2.24. The molecule has 1 aliphatic heterocycles. The number of benzene rings is 1. The zero-order chi connectivity index (χ0) is 13.1. The van der Waals surface area contributed by atoms with Crippen LogP contribution in [0.15, 0.2) is 40.9 Å². The van der Waals surface area contributed by atoms with Crippen molar-refractivity contribution in [2.24, 2.45) is 0 Å². The van der Waals surface area contributed by atoms with Crippen LogP contribution in [0.25, 0.3) is 11.3 Å². The van der Waals surface area contributed by atoms with Crippen LogP contribution in [-0.4, -0.2) is 34.4 Å². The molecule has 0 aliphatic carbocycles. The number of rotatable bonds is 4. The fraction of sp³-hybridized carbons (Fsp3) is 0.400. The zero-order valence-electron chi connectivity index (χ0n) is 10.8. The van der Waals surface area contributed by atoms with Crippen LogP contribution in [0.1, 0.15) is 18.6 Å². The summed E-state index contributed by atoms with van der Waals surface area (Å²) >= 11 is 0. The summed E-state index contributed by atoms with van der Waals surface area (Å²) < 4.78 is 5.40. The molecule has 1 N–H and O–H groups in total. The highest BCUT2D eigenvalue weighted by Crippen LogP contribution is 2.23. The predicted octanol–water partition coefficient (Wildman–Crippen LogP) is 2.30. The third-order valence-corrected chi connectivity index (χ3v) is 3.70. The number of aliphatic hydroxyl groups excluding tert-OH is 1. The van der Waals surface area contributed by atoms with E-state index in [1.807, 2.05) is 36.4 Å². The van der Waals surface area contributed by atoms with Crippen LogP contribution in [0, 0.1) is 0 Å². The Bertz CT molecular complexity index is 524. The van der Waals surface area contributed by atoms with E-state index in [9.17, 15) is 5.11 Å². The molecule has 0 radical (unpaired) electrons. The molecule has 2 aromatic rings. The lowest BCUT2D eigenvalue weighted by Gasteiger charge is -2.20. The molecule has 4 heteroatoms. The van der Waals surface area contributed by atoms with Crippen molar-refractivity contribution in [3.63, 3.8) is 0 Å². The molecular weight excluding hydrogens is 240 g/mol. The Morgan fingerprint density at radius 1 is 1.32 bits per heavy atom. The van der Waals surface area contributed by atoms with Crippen molar-refractivity contribution in [1.82, 2.24) is 10.1 Å². The van der Waals surface area contributed by atoms with E-state index in [4.69, 9.17) is 4.52 Å². The highest BCUT2D eigenvalue weighted by atomic mass is 16.5. The molecule has 0 saturated carbocycles. The maximum Gasteiger partial charge on any atom is 0.151 e. The fourth-order valence-electron chi connectivity index (χ4n) is 2.64. The van der Waals surface area contributed by atoms with Gasteiger partial charge in [-0.05, 0) is 19.4 Å². The molecule has 100 valence electrons. The van der Waals surface area contributed by atoms with Gasteiger partial charge in [0.25, 0.3) is 0 Å². The Morgan fingerprint density at radius 2 is 2.16 bits per heavy atom. The minimum atomic E-state index is 0.222. The fourth-order valence-corrected chi connectivity index (χ4v) is 2.64. The van der Waals surface area contributed by atoms with E-state index < -0.39 is 0 Å². The Kier molecular flexibility index (Phi) is 3.62. The lowest BCUT2D eigenvalue weighted by Crippen LogP contribution is -2.31. The number of aromatic nitrogens is 1. The maximum atomic E-state index is 9.31. The molecule has 1 aliphatic rings. The summed E-state index contributed by atoms with van der Waals surface area (Å²) in [6.07, 6.45) is 2.21. The minimum Gasteiger partial charge on any atom is -0.395 e. The van der Waals surface area contributed by atoms with Gasteiger partial charge in [-0.1, -0.05) is 35.5 Å². The third-order valence-electron chi connectivity index (χ3n) is 3.70. The van der Waals surface area contributed by atoms with Gasteiger partial charge >= 0.3 is 0 Å². The number of aliphatic hydroxyl groups is 1. The van der Waals surface area contributed by atoms with Crippen LogP contribution < -0.4 is 0 Å². The second-order valence-corrected chi connectivity index (χ2v) is 4.99. The second kappa shape index (κ2) is 5.55. The summed E-state index contributed by atoms with van der Waals surface area (Å²) in [7, 11) is 0. The molecule has 0 bridgehead atoms. The third kappa shape index (κ3) is 2.69. The largest absolute Gasteiger partial charge is 0.395 e. The molecule has 0 spiro atoms. The summed E-state index contributed by atoms with van der Waals surface area (Å²) in [6, 6.07) is 12.3. The van der Waals surface area contributed by atoms with Gasteiger partial charge in [-0.15, -0.1) is 0 Å². The van der Waals surface area contributed by atoms with E-state index in [-0.39, 0.29) is 12.6 Å². The van der Waals surface area contributed by atoms with Gasteiger partial charge in [0.2, 0.25) is 0 Å². The first-order valence-corrected chi connectivity index (χ1v) is 6.73. The summed E-state index contributed by atoms with van der Waals surface area (Å²) in [6.45, 7) is 1.97. The molecule has 0 amide bonds. The maximum absolute atomic E-state index is 9.31. The van der Waals surface area contributed by atoms with Crippen molar-refractivity contribution < 1.29 is 9.63 Å². The van der Waals surface area contributed by atoms with Crippen molar-refractivity contribution in [3.05, 3.63) is 42.2 Å². The van der Waals surface area contributed by atoms with E-state index in [1.54, 1.807) is 0 Å². The van der Waals surface area contributed by atoms with Crippen LogP contribution >= 0.6 is 0 Å². The van der Waals surface area contributed by atoms with Crippen molar-refractivity contribution in [2.45, 2.75) is 25.4 Å². The second-order valence-electron chi connectivity index (χ2n) is 4.99. The standard InChI is InChI=1S/C15H18N2O2/c18-11-13-7-4-8-17(13)10-14-9-15(16-19-14)12-5-2-1-3-6-12/h1-3,5-6,9,13,18H,4,7-8,10-11H2. The predicted molar refractivity (Wildman–Crippen MR) is 72.5 cm³/mol. The van der Waals surface area contributed by atoms with Gasteiger partial charge in [-0.2, -0.15) is 0 Å². The first kappa shape index (κ1) is 12.4. The SMILES string of the molecule is OCC1CCCN1Cc1cc(-c2ccccc2)no1. The molecule has 1 saturated heterocycles. The van der Waals surface area contributed by atoms with Gasteiger partial charge in [-0.25, -0.2) is 0 Å². The van der Waals surface area contributed by atoms with Crippen LogP contribution in [0.5, 0.6) is 0 Å². The summed E-state index contributed by atoms with van der Waals surface area (Å²) in [5.74, 6) is 0.860. The highest BCUT2D eigenvalue weighted by molar-refractivity contribution is 5.58. The molecule has 1 unspecified atom stereocenters. The molecule has 19 heavy (non-hydrogen) atoms. The van der Waals surface area contributed by atoms with Crippen LogP contribution in [0.3, 0.4) is 0 Å². The minimum absolute atomic E-state index is 0.222. The van der Waals surface area contributed by atoms with Crippen molar-refractivity contribution in [1.29, 1.82) is 0 Å². The van der Waals surface area contributed by atoms with Gasteiger partial charge in [0.1, 0.15) is 5.69 Å². The van der Waals surface area contributed by atoms with Crippen molar-refractivity contribution >= 4 is 0 Å². The molecule has 1 atom stereocenters. The molecular formula is C15H18N2O2. The first-order valence-electron chi connectivity index (χ1n) is 6.73. The van der Waals surface area contributed by atoms with Crippen LogP contribution in [0.4, 0.5) is 0 Å². The Hall–Kier alpha value is -1.65. The number of hydrogen-bond donors (Lipinski definition) is 1. The number of nitrogens with zero attached hydrogens (tertiary/aromatic N) is 2. The van der Waals surface area contributed by atoms with E-state index in [0.717, 1.165) is 42.9 Å². The monoisotopic (exact) mass is 258 g/mol. The smallest absolute Gasteiger partial charge is 0.151 e. The van der Waals surface area contributed by atoms with Crippen molar-refractivity contribution in [2.75, 3.05) is 13.2 Å². The first-order chi connectivity index (χ1) is 9.36. The Morgan fingerprint density at radius 3 is 2.95 bits per heavy atom. The van der Waals surface area contributed by atoms with E-state index in [1.165, 1.54) is 0 Å². The molecule has 2 heterocycles. The van der Waals surface area contributed by atoms with Crippen LogP contribution in [0.2, 0.25) is 0 Å². The lowest BCUT2D eigenvalue weighted by molar-refractivity contribution is 0.143. The van der Waals surface area contributed by atoms with Gasteiger partial charge < -0.3 is 9.63 Å². The van der Waals surface area contributed by atoms with Gasteiger partial charge in [0.15, 0.2) is 5.76 Å². The Labute approximate surface area is 112 Å². The average Bonchev–Trinajstić information content (AvgIpc) is 3.09. The molecule has 1 aromatic heterocycles. The zero-order valence-corrected chi connectivity index (χ0v) is 10.8. The number of likely N-dealkylation sites (tertiary alicyclic amines) is 1. The van der Waals surface area contributed by atoms with E-state index in [2.05, 4.69) is 10.1 Å². The van der Waals surface area contributed by atoms with Crippen molar-refractivity contribution in [3.8, 4) is 11.3 Å². The quantitative estimate of drug-likeness (QED) is 0.914. The summed E-state index contributed by atoms with van der Waals surface area (Å²) in [4.78, 5) is 2.26. The summed E-state index contributed by atoms with van der Waals surface area (Å²) in [5.41, 5.74) is 1.94. The molecule has 4 nitrogen and oxygen atoms in total. The van der Waals surface area contributed by atoms with E-state index in [0.29, 0.717) is 0 Å². The van der Waals surface area contributed by atoms with Gasteiger partial charge in [0, 0.05) is 17.7 Å². The summed E-state index contributed by atoms with van der Waals surface area (Å²) in [5, 5.41) is 13.4. The molecule has 3 rings (SSSR count).